The molecular formula is C30H27Cl2NO6. The number of methoxy groups -OCH3 is 1. The van der Waals surface area contributed by atoms with Crippen LogP contribution in [-0.4, -0.2) is 36.0 Å². The second-order valence-corrected chi connectivity index (χ2v) is 10.3. The molecule has 1 heterocycles. The molecule has 0 saturated carbocycles. The van der Waals surface area contributed by atoms with E-state index in [1.165, 1.54) is 24.1 Å². The van der Waals surface area contributed by atoms with Gasteiger partial charge < -0.3 is 14.6 Å². The lowest BCUT2D eigenvalue weighted by Crippen LogP contribution is -2.29. The molecule has 1 atom stereocenters. The lowest BCUT2D eigenvalue weighted by molar-refractivity contribution is -0.146. The summed E-state index contributed by atoms with van der Waals surface area (Å²) in [7, 11) is 1.38. The molecule has 1 saturated heterocycles. The zero-order valence-corrected chi connectivity index (χ0v) is 23.3. The van der Waals surface area contributed by atoms with E-state index >= 15 is 0 Å². The molecular weight excluding hydrogens is 541 g/mol. The molecule has 0 bridgehead atoms. The quantitative estimate of drug-likeness (QED) is 0.153. The van der Waals surface area contributed by atoms with Crippen LogP contribution < -0.4 is 9.64 Å². The lowest BCUT2D eigenvalue weighted by atomic mass is 9.94. The zero-order chi connectivity index (χ0) is 28.4. The van der Waals surface area contributed by atoms with Crippen molar-refractivity contribution in [3.8, 4) is 5.75 Å². The van der Waals surface area contributed by atoms with Crippen molar-refractivity contribution in [2.24, 2.45) is 0 Å². The van der Waals surface area contributed by atoms with E-state index in [0.717, 1.165) is 5.56 Å². The smallest absolute Gasteiger partial charge is 0.310 e. The maximum absolute atomic E-state index is 13.5. The van der Waals surface area contributed by atoms with Crippen LogP contribution in [0.25, 0.3) is 5.76 Å². The first-order valence-electron chi connectivity index (χ1n) is 12.2. The number of Topliss-reactive ketones (excluding diaryl/α,β-unsaturated/α-hetero) is 1. The highest BCUT2D eigenvalue weighted by molar-refractivity contribution is 6.52. The number of anilines is 1. The molecule has 1 unspecified atom stereocenters. The normalized spacial score (nSPS) is 16.6. The lowest BCUT2D eigenvalue weighted by Gasteiger charge is -2.26. The van der Waals surface area contributed by atoms with Crippen molar-refractivity contribution in [3.63, 3.8) is 0 Å². The van der Waals surface area contributed by atoms with E-state index in [-0.39, 0.29) is 45.4 Å². The molecule has 3 aromatic rings. The number of aryl methyl sites for hydroxylation is 1. The van der Waals surface area contributed by atoms with Gasteiger partial charge in [0.1, 0.15) is 11.5 Å². The first kappa shape index (κ1) is 28.2. The number of ketones is 1. The molecule has 202 valence electrons. The summed E-state index contributed by atoms with van der Waals surface area (Å²) in [5, 5.41) is 11.8. The number of esters is 1. The summed E-state index contributed by atoms with van der Waals surface area (Å²) in [6, 6.07) is 16.0. The third kappa shape index (κ3) is 5.79. The maximum atomic E-state index is 13.5. The topological polar surface area (TPSA) is 93.1 Å². The molecule has 7 nitrogen and oxygen atoms in total. The zero-order valence-electron chi connectivity index (χ0n) is 21.8. The predicted octanol–water partition coefficient (Wildman–Crippen LogP) is 6.43. The number of hydrogen-bond donors (Lipinski definition) is 1. The first-order valence-corrected chi connectivity index (χ1v) is 13.0. The van der Waals surface area contributed by atoms with Crippen LogP contribution >= 0.6 is 23.2 Å². The number of carbonyl (C=O) groups is 3. The van der Waals surface area contributed by atoms with Crippen molar-refractivity contribution in [2.45, 2.75) is 39.3 Å². The fraction of sp³-hybridized carbons (Fsp3) is 0.233. The Bertz CT molecular complexity index is 1480. The Hall–Kier alpha value is -3.81. The number of aliphatic hydroxyl groups is 1. The minimum Gasteiger partial charge on any atom is -0.507 e. The van der Waals surface area contributed by atoms with Crippen LogP contribution in [-0.2, 0) is 25.5 Å². The first-order chi connectivity index (χ1) is 18.5. The molecule has 0 aliphatic carbocycles. The van der Waals surface area contributed by atoms with Crippen LogP contribution in [0.2, 0.25) is 10.0 Å². The molecule has 1 amide bonds. The van der Waals surface area contributed by atoms with Gasteiger partial charge in [-0.3, -0.25) is 19.3 Å². The molecule has 1 fully saturated rings. The molecule has 9 heteroatoms. The molecule has 0 aromatic heterocycles. The summed E-state index contributed by atoms with van der Waals surface area (Å²) >= 11 is 12.5. The van der Waals surface area contributed by atoms with Crippen LogP contribution in [0, 0.1) is 6.92 Å². The van der Waals surface area contributed by atoms with Crippen LogP contribution in [0.5, 0.6) is 5.75 Å². The third-order valence-electron chi connectivity index (χ3n) is 6.20. The van der Waals surface area contributed by atoms with E-state index < -0.39 is 23.5 Å². The van der Waals surface area contributed by atoms with Gasteiger partial charge in [-0.25, -0.2) is 0 Å². The summed E-state index contributed by atoms with van der Waals surface area (Å²) in [6.45, 7) is 5.44. The van der Waals surface area contributed by atoms with Crippen molar-refractivity contribution in [1.29, 1.82) is 0 Å². The van der Waals surface area contributed by atoms with Gasteiger partial charge in [-0.2, -0.15) is 0 Å². The second kappa shape index (κ2) is 11.5. The summed E-state index contributed by atoms with van der Waals surface area (Å²) in [4.78, 5) is 40.4. The van der Waals surface area contributed by atoms with E-state index in [1.807, 2.05) is 25.1 Å². The summed E-state index contributed by atoms with van der Waals surface area (Å²) in [6.07, 6.45) is -0.167. The van der Waals surface area contributed by atoms with E-state index in [1.54, 1.807) is 44.2 Å². The molecule has 1 N–H and O–H groups in total. The Balaban J connectivity index is 1.85. The summed E-state index contributed by atoms with van der Waals surface area (Å²) in [5.41, 5.74) is 2.58. The Morgan fingerprint density at radius 1 is 1.05 bits per heavy atom. The maximum Gasteiger partial charge on any atom is 0.310 e. The fourth-order valence-electron chi connectivity index (χ4n) is 4.59. The van der Waals surface area contributed by atoms with Gasteiger partial charge in [0, 0.05) is 10.7 Å². The molecule has 3 aromatic carbocycles. The molecule has 0 spiro atoms. The highest BCUT2D eigenvalue weighted by atomic mass is 35.5. The van der Waals surface area contributed by atoms with Crippen LogP contribution in [0.15, 0.2) is 66.2 Å². The molecule has 1 aliphatic rings. The molecule has 0 radical (unpaired) electrons. The minimum absolute atomic E-state index is 0.0634. The monoisotopic (exact) mass is 567 g/mol. The number of ether oxygens (including phenoxy) is 2. The molecule has 1 aliphatic heterocycles. The van der Waals surface area contributed by atoms with Gasteiger partial charge in [-0.15, -0.1) is 0 Å². The van der Waals surface area contributed by atoms with Gasteiger partial charge in [-0.05, 0) is 56.2 Å². The predicted molar refractivity (Wildman–Crippen MR) is 150 cm³/mol. The number of halogens is 2. The van der Waals surface area contributed by atoms with Crippen molar-refractivity contribution in [3.05, 3.63) is 98.5 Å². The van der Waals surface area contributed by atoms with Gasteiger partial charge in [-0.1, -0.05) is 65.2 Å². The van der Waals surface area contributed by atoms with Gasteiger partial charge in [0.2, 0.25) is 0 Å². The number of benzene rings is 3. The standard InChI is InChI=1S/C30H27Cl2NO6/c1-16(2)39-24(34)13-18-8-10-21(11-9-18)33-26(19-7-5-6-17(3)12-19)25(28(36)30(33)37)27(35)22-14-20(31)15-23(32)29(22)38-4/h5-12,14-16,26,35H,13H2,1-4H3/b27-25+. The number of aliphatic hydroxyl groups excluding tert-OH is 1. The highest BCUT2D eigenvalue weighted by Crippen LogP contribution is 2.45. The Kier molecular flexibility index (Phi) is 8.33. The Morgan fingerprint density at radius 3 is 2.36 bits per heavy atom. The van der Waals surface area contributed by atoms with Gasteiger partial charge in [0.15, 0.2) is 0 Å². The molecule has 4 rings (SSSR count). The van der Waals surface area contributed by atoms with Crippen LogP contribution in [0.3, 0.4) is 0 Å². The largest absolute Gasteiger partial charge is 0.507 e. The van der Waals surface area contributed by atoms with Gasteiger partial charge in [0.05, 0.1) is 41.8 Å². The van der Waals surface area contributed by atoms with Crippen molar-refractivity contribution in [1.82, 2.24) is 0 Å². The summed E-state index contributed by atoms with van der Waals surface area (Å²) < 4.78 is 10.6. The van der Waals surface area contributed by atoms with Crippen molar-refractivity contribution in [2.75, 3.05) is 12.0 Å². The highest BCUT2D eigenvalue weighted by Gasteiger charge is 2.47. The fourth-order valence-corrected chi connectivity index (χ4v) is 5.16. The van der Waals surface area contributed by atoms with E-state index in [2.05, 4.69) is 0 Å². The SMILES string of the molecule is COc1c(Cl)cc(Cl)cc1/C(O)=C1\C(=O)C(=O)N(c2ccc(CC(=O)OC(C)C)cc2)C1c1cccc(C)c1. The number of carbonyl (C=O) groups excluding carboxylic acids is 3. The Morgan fingerprint density at radius 2 is 1.74 bits per heavy atom. The number of amides is 1. The van der Waals surface area contributed by atoms with Crippen molar-refractivity contribution < 1.29 is 29.0 Å². The number of hydrogen-bond acceptors (Lipinski definition) is 6. The third-order valence-corrected chi connectivity index (χ3v) is 6.70. The van der Waals surface area contributed by atoms with Gasteiger partial charge >= 0.3 is 5.97 Å². The minimum atomic E-state index is -0.955. The number of rotatable bonds is 7. The van der Waals surface area contributed by atoms with E-state index in [0.29, 0.717) is 16.8 Å². The average Bonchev–Trinajstić information content (AvgIpc) is 3.13. The van der Waals surface area contributed by atoms with Crippen molar-refractivity contribution >= 4 is 52.3 Å². The summed E-state index contributed by atoms with van der Waals surface area (Å²) in [5.74, 6) is -2.40. The number of nitrogens with zero attached hydrogens (tertiary/aromatic N) is 1. The van der Waals surface area contributed by atoms with Crippen LogP contribution in [0.1, 0.15) is 42.1 Å². The second-order valence-electron chi connectivity index (χ2n) is 9.43. The molecule has 39 heavy (non-hydrogen) atoms. The van der Waals surface area contributed by atoms with E-state index in [4.69, 9.17) is 32.7 Å². The van der Waals surface area contributed by atoms with Gasteiger partial charge in [0.25, 0.3) is 11.7 Å². The average molecular weight is 568 g/mol. The van der Waals surface area contributed by atoms with E-state index in [9.17, 15) is 19.5 Å². The van der Waals surface area contributed by atoms with Crippen LogP contribution in [0.4, 0.5) is 5.69 Å². The Labute approximate surface area is 236 Å².